The minimum atomic E-state index is -0.256. The lowest BCUT2D eigenvalue weighted by Gasteiger charge is -2.13. The van der Waals surface area contributed by atoms with E-state index < -0.39 is 0 Å². The maximum absolute atomic E-state index is 12.3. The Hall–Kier alpha value is -3.35. The third-order valence-electron chi connectivity index (χ3n) is 4.37. The Morgan fingerprint density at radius 2 is 1.59 bits per heavy atom. The van der Waals surface area contributed by atoms with E-state index in [1.807, 2.05) is 13.8 Å². The molecule has 0 heterocycles. The topological polar surface area (TPSA) is 90.5 Å². The Morgan fingerprint density at radius 1 is 0.966 bits per heavy atom. The van der Waals surface area contributed by atoms with Crippen molar-refractivity contribution >= 4 is 29.1 Å². The van der Waals surface area contributed by atoms with E-state index in [2.05, 4.69) is 16.0 Å². The van der Waals surface area contributed by atoms with Crippen LogP contribution >= 0.6 is 0 Å². The van der Waals surface area contributed by atoms with Gasteiger partial charge in [-0.25, -0.2) is 0 Å². The van der Waals surface area contributed by atoms with Crippen LogP contribution in [0, 0.1) is 0 Å². The van der Waals surface area contributed by atoms with E-state index in [0.717, 1.165) is 6.42 Å². The number of carbonyl (C=O) groups is 3. The van der Waals surface area contributed by atoms with Crippen molar-refractivity contribution in [2.45, 2.75) is 26.3 Å². The van der Waals surface area contributed by atoms with Crippen LogP contribution in [0.5, 0.6) is 0 Å². The second-order valence-corrected chi connectivity index (χ2v) is 7.05. The van der Waals surface area contributed by atoms with Gasteiger partial charge in [-0.2, -0.15) is 0 Å². The first-order valence-corrected chi connectivity index (χ1v) is 9.56. The molecule has 1 atom stereocenters. The number of hydrogen-bond donors (Lipinski definition) is 3. The van der Waals surface area contributed by atoms with Crippen molar-refractivity contribution in [3.63, 3.8) is 0 Å². The monoisotopic (exact) mass is 396 g/mol. The summed E-state index contributed by atoms with van der Waals surface area (Å²) < 4.78 is 0. The van der Waals surface area contributed by atoms with Crippen molar-refractivity contribution in [1.82, 2.24) is 10.2 Å². The summed E-state index contributed by atoms with van der Waals surface area (Å²) in [6.07, 6.45) is 0.842. The molecule has 3 N–H and O–H groups in total. The van der Waals surface area contributed by atoms with Crippen LogP contribution in [0.25, 0.3) is 0 Å². The molecule has 7 nitrogen and oxygen atoms in total. The Balaban J connectivity index is 1.95. The highest BCUT2D eigenvalue weighted by atomic mass is 16.2. The summed E-state index contributed by atoms with van der Waals surface area (Å²) in [5, 5.41) is 8.68. The Bertz CT molecular complexity index is 880. The minimum Gasteiger partial charge on any atom is -0.376 e. The predicted molar refractivity (Wildman–Crippen MR) is 115 cm³/mol. The van der Waals surface area contributed by atoms with Crippen molar-refractivity contribution < 1.29 is 14.4 Å². The third-order valence-corrected chi connectivity index (χ3v) is 4.37. The van der Waals surface area contributed by atoms with Gasteiger partial charge in [0.15, 0.2) is 0 Å². The molecule has 0 bridgehead atoms. The lowest BCUT2D eigenvalue weighted by atomic mass is 10.1. The van der Waals surface area contributed by atoms with Gasteiger partial charge in [-0.3, -0.25) is 14.4 Å². The van der Waals surface area contributed by atoms with Crippen LogP contribution in [-0.4, -0.2) is 49.3 Å². The van der Waals surface area contributed by atoms with Gasteiger partial charge in [0.2, 0.25) is 5.91 Å². The number of nitrogens with zero attached hydrogens (tertiary/aromatic N) is 1. The van der Waals surface area contributed by atoms with Gasteiger partial charge in [0.05, 0.1) is 6.54 Å². The normalized spacial score (nSPS) is 11.3. The molecular formula is C22H28N4O3. The van der Waals surface area contributed by atoms with Crippen molar-refractivity contribution in [2.75, 3.05) is 31.3 Å². The molecule has 2 rings (SSSR count). The highest BCUT2D eigenvalue weighted by Gasteiger charge is 2.11. The van der Waals surface area contributed by atoms with E-state index >= 15 is 0 Å². The van der Waals surface area contributed by atoms with Crippen molar-refractivity contribution in [3.8, 4) is 0 Å². The van der Waals surface area contributed by atoms with Crippen molar-refractivity contribution in [3.05, 3.63) is 59.7 Å². The molecule has 0 saturated heterocycles. The quantitative estimate of drug-likeness (QED) is 0.640. The number of hydrogen-bond acceptors (Lipinski definition) is 4. The largest absolute Gasteiger partial charge is 0.376 e. The predicted octanol–water partition coefficient (Wildman–Crippen LogP) is 2.97. The lowest BCUT2D eigenvalue weighted by Crippen LogP contribution is -2.32. The fraction of sp³-hybridized carbons (Fsp3) is 0.318. The molecule has 2 aromatic rings. The standard InChI is InChI=1S/C22H28N4O3/c1-5-15(2)24-21(28)16-8-6-11-19(12-16)25-20(27)14-23-18-10-7-9-17(13-18)22(29)26(3)4/h6-13,15,23H,5,14H2,1-4H3,(H,24,28)(H,25,27). The molecule has 0 aromatic heterocycles. The smallest absolute Gasteiger partial charge is 0.253 e. The Morgan fingerprint density at radius 3 is 2.24 bits per heavy atom. The summed E-state index contributed by atoms with van der Waals surface area (Å²) in [5.41, 5.74) is 2.26. The van der Waals surface area contributed by atoms with Gasteiger partial charge in [-0.1, -0.05) is 19.1 Å². The van der Waals surface area contributed by atoms with Gasteiger partial charge in [0, 0.05) is 42.6 Å². The van der Waals surface area contributed by atoms with Crippen LogP contribution in [0.2, 0.25) is 0 Å². The zero-order chi connectivity index (χ0) is 21.4. The molecule has 3 amide bonds. The average molecular weight is 396 g/mol. The molecule has 0 radical (unpaired) electrons. The number of benzene rings is 2. The molecule has 0 saturated carbocycles. The van der Waals surface area contributed by atoms with Gasteiger partial charge in [-0.05, 0) is 49.7 Å². The van der Waals surface area contributed by atoms with Crippen LogP contribution < -0.4 is 16.0 Å². The van der Waals surface area contributed by atoms with Crippen molar-refractivity contribution in [1.29, 1.82) is 0 Å². The summed E-state index contributed by atoms with van der Waals surface area (Å²) in [6, 6.07) is 13.9. The fourth-order valence-electron chi connectivity index (χ4n) is 2.56. The number of nitrogens with one attached hydrogen (secondary N) is 3. The van der Waals surface area contributed by atoms with Gasteiger partial charge in [0.25, 0.3) is 11.8 Å². The molecular weight excluding hydrogens is 368 g/mol. The highest BCUT2D eigenvalue weighted by molar-refractivity contribution is 5.98. The first-order valence-electron chi connectivity index (χ1n) is 9.56. The summed E-state index contributed by atoms with van der Waals surface area (Å²) >= 11 is 0. The van der Waals surface area contributed by atoms with Gasteiger partial charge in [0.1, 0.15) is 0 Å². The summed E-state index contributed by atoms with van der Waals surface area (Å²) in [6.45, 7) is 3.97. The van der Waals surface area contributed by atoms with Crippen LogP contribution in [0.3, 0.4) is 0 Å². The number of amides is 3. The van der Waals surface area contributed by atoms with E-state index in [4.69, 9.17) is 0 Å². The first-order chi connectivity index (χ1) is 13.8. The third kappa shape index (κ3) is 6.64. The molecule has 2 aromatic carbocycles. The molecule has 7 heteroatoms. The zero-order valence-electron chi connectivity index (χ0n) is 17.3. The maximum atomic E-state index is 12.3. The highest BCUT2D eigenvalue weighted by Crippen LogP contribution is 2.13. The Labute approximate surface area is 171 Å². The summed E-state index contributed by atoms with van der Waals surface area (Å²) in [7, 11) is 3.38. The molecule has 29 heavy (non-hydrogen) atoms. The molecule has 0 aliphatic heterocycles. The number of anilines is 2. The Kier molecular flexibility index (Phi) is 7.77. The van der Waals surface area contributed by atoms with Crippen LogP contribution in [-0.2, 0) is 4.79 Å². The van der Waals surface area contributed by atoms with E-state index in [0.29, 0.717) is 22.5 Å². The number of carbonyl (C=O) groups excluding carboxylic acids is 3. The number of rotatable bonds is 8. The SMILES string of the molecule is CCC(C)NC(=O)c1cccc(NC(=O)CNc2cccc(C(=O)N(C)C)c2)c1. The van der Waals surface area contributed by atoms with E-state index in [1.165, 1.54) is 4.90 Å². The fourth-order valence-corrected chi connectivity index (χ4v) is 2.56. The molecule has 0 fully saturated rings. The van der Waals surface area contributed by atoms with Gasteiger partial charge >= 0.3 is 0 Å². The summed E-state index contributed by atoms with van der Waals surface area (Å²) in [5.74, 6) is -0.532. The van der Waals surface area contributed by atoms with Gasteiger partial charge in [-0.15, -0.1) is 0 Å². The molecule has 154 valence electrons. The second kappa shape index (κ2) is 10.3. The average Bonchev–Trinajstić information content (AvgIpc) is 2.71. The van der Waals surface area contributed by atoms with Crippen LogP contribution in [0.4, 0.5) is 11.4 Å². The minimum absolute atomic E-state index is 0.0307. The maximum Gasteiger partial charge on any atom is 0.253 e. The van der Waals surface area contributed by atoms with Gasteiger partial charge < -0.3 is 20.9 Å². The molecule has 0 aliphatic rings. The van der Waals surface area contributed by atoms with Crippen LogP contribution in [0.1, 0.15) is 41.0 Å². The lowest BCUT2D eigenvalue weighted by molar-refractivity contribution is -0.114. The van der Waals surface area contributed by atoms with E-state index in [-0.39, 0.29) is 30.3 Å². The van der Waals surface area contributed by atoms with E-state index in [1.54, 1.807) is 62.6 Å². The first kappa shape index (κ1) is 21.9. The van der Waals surface area contributed by atoms with Crippen LogP contribution in [0.15, 0.2) is 48.5 Å². The molecule has 0 spiro atoms. The zero-order valence-corrected chi connectivity index (χ0v) is 17.3. The molecule has 1 unspecified atom stereocenters. The van der Waals surface area contributed by atoms with E-state index in [9.17, 15) is 14.4 Å². The second-order valence-electron chi connectivity index (χ2n) is 7.05. The van der Waals surface area contributed by atoms with Crippen molar-refractivity contribution in [2.24, 2.45) is 0 Å². The molecule has 0 aliphatic carbocycles. The summed E-state index contributed by atoms with van der Waals surface area (Å²) in [4.78, 5) is 38.0.